The topological polar surface area (TPSA) is 18.8 Å². The number of nitrogens with zero attached hydrogens (tertiary/aromatic N) is 3. The molecule has 1 fully saturated rings. The second-order valence-corrected chi connectivity index (χ2v) is 4.30. The van der Waals surface area contributed by atoms with Gasteiger partial charge in [0.1, 0.15) is 0 Å². The number of likely N-dealkylation sites (tertiary alicyclic amines) is 1. The van der Waals surface area contributed by atoms with E-state index in [1.54, 1.807) is 0 Å². The van der Waals surface area contributed by atoms with Gasteiger partial charge >= 0.3 is 87.8 Å². The molecule has 1 aliphatic rings. The number of aliphatic imine (C=N–C) groups is 1. The van der Waals surface area contributed by atoms with Crippen molar-refractivity contribution in [1.82, 2.24) is 9.80 Å². The molecule has 0 unspecified atom stereocenters. The first-order chi connectivity index (χ1) is 6.20. The van der Waals surface area contributed by atoms with Gasteiger partial charge in [-0.2, -0.15) is 0 Å². The van der Waals surface area contributed by atoms with Gasteiger partial charge in [-0.15, -0.1) is 0 Å². The van der Waals surface area contributed by atoms with Gasteiger partial charge in [0.2, 0.25) is 0 Å². The summed E-state index contributed by atoms with van der Waals surface area (Å²) < 4.78 is 1.02. The maximum atomic E-state index is 4.34. The van der Waals surface area contributed by atoms with E-state index in [0.717, 1.165) is 17.8 Å². The van der Waals surface area contributed by atoms with E-state index >= 15 is 0 Å². The molecule has 13 heavy (non-hydrogen) atoms. The minimum absolute atomic E-state index is 1.02. The van der Waals surface area contributed by atoms with Crippen LogP contribution >= 0.6 is 0 Å². The van der Waals surface area contributed by atoms with Gasteiger partial charge < -0.3 is 0 Å². The molecule has 0 amide bonds. The molecular weight excluding hydrogens is 229 g/mol. The first-order valence-electron chi connectivity index (χ1n) is 4.69. The van der Waals surface area contributed by atoms with Crippen LogP contribution in [0.25, 0.3) is 0 Å². The van der Waals surface area contributed by atoms with Crippen LogP contribution in [0.15, 0.2) is 4.99 Å². The van der Waals surface area contributed by atoms with Crippen LogP contribution in [0, 0.1) is 0 Å². The van der Waals surface area contributed by atoms with Crippen LogP contribution in [0.4, 0.5) is 0 Å². The fourth-order valence-corrected chi connectivity index (χ4v) is 1.81. The average molecular weight is 246 g/mol. The van der Waals surface area contributed by atoms with Crippen molar-refractivity contribution < 1.29 is 0 Å². The van der Waals surface area contributed by atoms with Gasteiger partial charge in [-0.05, 0) is 0 Å². The van der Waals surface area contributed by atoms with Crippen molar-refractivity contribution in [3.8, 4) is 0 Å². The zero-order valence-corrected chi connectivity index (χ0v) is 10.1. The summed E-state index contributed by atoms with van der Waals surface area (Å²) in [5, 5.41) is 0. The third kappa shape index (κ3) is 3.92. The molecule has 4 heteroatoms. The SMILES string of the molecule is CN(C)/C=N/C(=[Se])N1CCCCC1. The quantitative estimate of drug-likeness (QED) is 0.406. The number of rotatable bonds is 3. The third-order valence-electron chi connectivity index (χ3n) is 2.03. The summed E-state index contributed by atoms with van der Waals surface area (Å²) in [6, 6.07) is 0. The molecule has 0 spiro atoms. The van der Waals surface area contributed by atoms with E-state index in [9.17, 15) is 0 Å². The van der Waals surface area contributed by atoms with Crippen LogP contribution in [0.2, 0.25) is 0 Å². The summed E-state index contributed by atoms with van der Waals surface area (Å²) in [5.41, 5.74) is 0. The summed E-state index contributed by atoms with van der Waals surface area (Å²) in [4.78, 5) is 8.59. The Labute approximate surface area is 88.2 Å². The summed E-state index contributed by atoms with van der Waals surface area (Å²) in [6.07, 6.45) is 5.78. The Morgan fingerprint density at radius 2 is 1.92 bits per heavy atom. The molecule has 1 aliphatic heterocycles. The van der Waals surface area contributed by atoms with Gasteiger partial charge in [-0.25, -0.2) is 0 Å². The van der Waals surface area contributed by atoms with E-state index in [2.05, 4.69) is 25.5 Å². The molecule has 0 aromatic rings. The molecule has 0 radical (unpaired) electrons. The van der Waals surface area contributed by atoms with E-state index in [0.29, 0.717) is 0 Å². The Morgan fingerprint density at radius 1 is 1.31 bits per heavy atom. The second-order valence-electron chi connectivity index (χ2n) is 3.54. The molecule has 1 rings (SSSR count). The molecule has 1 saturated heterocycles. The zero-order chi connectivity index (χ0) is 9.68. The average Bonchev–Trinajstić information content (AvgIpc) is 2.15. The van der Waals surface area contributed by atoms with Gasteiger partial charge in [0.05, 0.1) is 0 Å². The monoisotopic (exact) mass is 247 g/mol. The van der Waals surface area contributed by atoms with Crippen molar-refractivity contribution in [1.29, 1.82) is 0 Å². The van der Waals surface area contributed by atoms with Crippen LogP contribution in [0.5, 0.6) is 0 Å². The van der Waals surface area contributed by atoms with Crippen molar-refractivity contribution in [2.24, 2.45) is 4.99 Å². The second kappa shape index (κ2) is 5.40. The van der Waals surface area contributed by atoms with E-state index < -0.39 is 0 Å². The summed E-state index contributed by atoms with van der Waals surface area (Å²) in [5.74, 6) is 0. The number of hydrogen-bond acceptors (Lipinski definition) is 2. The van der Waals surface area contributed by atoms with Crippen molar-refractivity contribution in [2.75, 3.05) is 27.2 Å². The van der Waals surface area contributed by atoms with Gasteiger partial charge in [0.15, 0.2) is 0 Å². The third-order valence-corrected chi connectivity index (χ3v) is 2.79. The molecule has 0 aromatic heterocycles. The minimum atomic E-state index is 1.02. The Balaban J connectivity index is 2.37. The van der Waals surface area contributed by atoms with Gasteiger partial charge in [-0.1, -0.05) is 0 Å². The Morgan fingerprint density at radius 3 is 2.46 bits per heavy atom. The Kier molecular flexibility index (Phi) is 4.46. The Hall–Kier alpha value is -0.341. The zero-order valence-electron chi connectivity index (χ0n) is 8.36. The predicted molar refractivity (Wildman–Crippen MR) is 58.4 cm³/mol. The van der Waals surface area contributed by atoms with Crippen molar-refractivity contribution >= 4 is 26.6 Å². The molecule has 0 aliphatic carbocycles. The predicted octanol–water partition coefficient (Wildman–Crippen LogP) is 0.318. The van der Waals surface area contributed by atoms with Crippen LogP contribution in [0.3, 0.4) is 0 Å². The van der Waals surface area contributed by atoms with E-state index in [1.165, 1.54) is 19.3 Å². The van der Waals surface area contributed by atoms with Crippen LogP contribution < -0.4 is 0 Å². The molecule has 0 saturated carbocycles. The van der Waals surface area contributed by atoms with E-state index in [4.69, 9.17) is 0 Å². The van der Waals surface area contributed by atoms with Gasteiger partial charge in [0.25, 0.3) is 0 Å². The molecule has 0 N–H and O–H groups in total. The van der Waals surface area contributed by atoms with E-state index in [-0.39, 0.29) is 0 Å². The fourth-order valence-electron chi connectivity index (χ4n) is 1.33. The molecule has 0 atom stereocenters. The standard InChI is InChI=1S/C9H17N3Se/c1-11(2)8-10-9(13)12-6-4-3-5-7-12/h8H,3-7H2,1-2H3/b10-8+. The summed E-state index contributed by atoms with van der Waals surface area (Å²) >= 11 is 3.02. The van der Waals surface area contributed by atoms with Crippen LogP contribution in [0.1, 0.15) is 19.3 Å². The fraction of sp³-hybridized carbons (Fsp3) is 0.778. The van der Waals surface area contributed by atoms with Gasteiger partial charge in [-0.3, -0.25) is 0 Å². The molecule has 74 valence electrons. The maximum absolute atomic E-state index is 4.34. The van der Waals surface area contributed by atoms with E-state index in [1.807, 2.05) is 25.3 Å². The van der Waals surface area contributed by atoms with Crippen molar-refractivity contribution in [3.05, 3.63) is 0 Å². The molecular formula is C9H17N3Se. The van der Waals surface area contributed by atoms with Gasteiger partial charge in [0, 0.05) is 0 Å². The molecule has 0 bridgehead atoms. The Bertz CT molecular complexity index is 195. The normalized spacial score (nSPS) is 17.8. The first-order valence-corrected chi connectivity index (χ1v) is 5.55. The van der Waals surface area contributed by atoms with Crippen LogP contribution in [-0.2, 0) is 0 Å². The summed E-state index contributed by atoms with van der Waals surface area (Å²) in [7, 11) is 3.96. The summed E-state index contributed by atoms with van der Waals surface area (Å²) in [6.45, 7) is 2.29. The number of hydrogen-bond donors (Lipinski definition) is 0. The van der Waals surface area contributed by atoms with Crippen LogP contribution in [-0.4, -0.2) is 63.6 Å². The number of piperidine rings is 1. The van der Waals surface area contributed by atoms with Crippen molar-refractivity contribution in [3.63, 3.8) is 0 Å². The molecule has 3 nitrogen and oxygen atoms in total. The van der Waals surface area contributed by atoms with Crippen molar-refractivity contribution in [2.45, 2.75) is 19.3 Å². The molecule has 0 aromatic carbocycles. The first kappa shape index (κ1) is 10.7. The molecule has 1 heterocycles.